The Morgan fingerprint density at radius 3 is 1.15 bits per heavy atom. The number of ketones is 1. The Balaban J connectivity index is -0.000000441. The van der Waals surface area contributed by atoms with Gasteiger partial charge in [0.25, 0.3) is 11.8 Å². The van der Waals surface area contributed by atoms with E-state index in [-0.39, 0.29) is 17.6 Å². The van der Waals surface area contributed by atoms with E-state index in [1.807, 2.05) is 11.8 Å². The Labute approximate surface area is 215 Å². The van der Waals surface area contributed by atoms with Crippen LogP contribution in [0.15, 0.2) is 24.3 Å². The van der Waals surface area contributed by atoms with Crippen LogP contribution < -0.4 is 0 Å². The van der Waals surface area contributed by atoms with Gasteiger partial charge in [-0.3, -0.25) is 19.3 Å². The normalized spacial score (nSPS) is 12.9. The molecule has 34 heavy (non-hydrogen) atoms. The summed E-state index contributed by atoms with van der Waals surface area (Å²) in [6.45, 7) is 29.0. The molecule has 5 heteroatoms. The molecule has 1 atom stereocenters. The smallest absolute Gasteiger partial charge is 0.262 e. The fourth-order valence-corrected chi connectivity index (χ4v) is 1.74. The third kappa shape index (κ3) is 19.8. The summed E-state index contributed by atoms with van der Waals surface area (Å²) < 4.78 is 0.458. The molecular weight excluding hydrogens is 442 g/mol. The topological polar surface area (TPSA) is 54.5 Å². The van der Waals surface area contributed by atoms with Gasteiger partial charge >= 0.3 is 0 Å². The van der Waals surface area contributed by atoms with Crippen LogP contribution in [0.4, 0.5) is 0 Å². The Hall–Kier alpha value is -1.62. The fraction of sp³-hybridized carbons (Fsp3) is 0.690. The van der Waals surface area contributed by atoms with Crippen molar-refractivity contribution in [3.05, 3.63) is 35.4 Å². The van der Waals surface area contributed by atoms with Crippen molar-refractivity contribution in [3.8, 4) is 0 Å². The molecule has 1 aliphatic rings. The molecule has 0 N–H and O–H groups in total. The van der Waals surface area contributed by atoms with Gasteiger partial charge in [0.15, 0.2) is 5.78 Å². The highest BCUT2D eigenvalue weighted by Crippen LogP contribution is 2.24. The molecule has 0 spiro atoms. The zero-order valence-corrected chi connectivity index (χ0v) is 25.5. The molecule has 198 valence electrons. The van der Waals surface area contributed by atoms with Crippen molar-refractivity contribution >= 4 is 29.4 Å². The lowest BCUT2D eigenvalue weighted by molar-refractivity contribution is -0.120. The van der Waals surface area contributed by atoms with Crippen LogP contribution in [0.3, 0.4) is 0 Å². The first kappa shape index (κ1) is 36.9. The van der Waals surface area contributed by atoms with Crippen LogP contribution >= 0.6 is 11.8 Å². The molecule has 2 amide bonds. The maximum absolute atomic E-state index is 11.9. The Morgan fingerprint density at radius 1 is 0.735 bits per heavy atom. The molecule has 0 saturated heterocycles. The van der Waals surface area contributed by atoms with E-state index < -0.39 is 6.04 Å². The molecule has 2 rings (SSSR count). The van der Waals surface area contributed by atoms with Crippen LogP contribution in [-0.2, 0) is 4.79 Å². The van der Waals surface area contributed by atoms with Crippen LogP contribution in [-0.4, -0.2) is 39.5 Å². The highest BCUT2D eigenvalue weighted by Gasteiger charge is 2.39. The average molecular weight is 496 g/mol. The highest BCUT2D eigenvalue weighted by molar-refractivity contribution is 7.99. The average Bonchev–Trinajstić information content (AvgIpc) is 2.91. The predicted octanol–water partition coefficient (Wildman–Crippen LogP) is 8.39. The third-order valence-electron chi connectivity index (χ3n) is 3.41. The van der Waals surface area contributed by atoms with E-state index in [1.165, 1.54) is 6.92 Å². The standard InChI is InChI=1S/C12H11NO3.C5H12S.3C4H10/c1-7(8(2)14)13-11(15)9-5-3-4-6-10(9)12(13)16;1-5(2,3)6-4;3*1-4(2)3/h3-7H,1-2H3;1-4H3;3*4H,1-3H3. The molecule has 0 aliphatic carbocycles. The summed E-state index contributed by atoms with van der Waals surface area (Å²) in [5.74, 6) is 1.53. The summed E-state index contributed by atoms with van der Waals surface area (Å²) in [5, 5.41) is 0. The minimum atomic E-state index is -0.701. The summed E-state index contributed by atoms with van der Waals surface area (Å²) >= 11 is 1.88. The first-order valence-electron chi connectivity index (χ1n) is 12.3. The SMILES string of the molecule is CC(=O)C(C)N1C(=O)c2ccccc2C1=O.CC(C)C.CC(C)C.CC(C)C.CSC(C)(C)C. The minimum Gasteiger partial charge on any atom is -0.298 e. The lowest BCUT2D eigenvalue weighted by Crippen LogP contribution is -2.41. The number of benzene rings is 1. The minimum absolute atomic E-state index is 0.200. The number of fused-ring (bicyclic) bond motifs is 1. The van der Waals surface area contributed by atoms with Crippen LogP contribution in [0.5, 0.6) is 0 Å². The maximum atomic E-state index is 11.9. The van der Waals surface area contributed by atoms with Crippen LogP contribution in [0.25, 0.3) is 0 Å². The number of Topliss-reactive ketones (excluding diaryl/α,β-unsaturated/α-hetero) is 1. The van der Waals surface area contributed by atoms with Gasteiger partial charge in [-0.05, 0) is 50.0 Å². The van der Waals surface area contributed by atoms with Crippen molar-refractivity contribution in [2.75, 3.05) is 6.26 Å². The Bertz CT molecular complexity index is 661. The summed E-state index contributed by atoms with van der Waals surface area (Å²) in [6.07, 6.45) is 2.12. The molecule has 4 nitrogen and oxygen atoms in total. The molecule has 0 aromatic heterocycles. The van der Waals surface area contributed by atoms with Gasteiger partial charge in [-0.15, -0.1) is 0 Å². The van der Waals surface area contributed by atoms with Gasteiger partial charge in [0, 0.05) is 4.75 Å². The van der Waals surface area contributed by atoms with E-state index in [0.29, 0.717) is 15.9 Å². The van der Waals surface area contributed by atoms with Crippen LogP contribution in [0.2, 0.25) is 0 Å². The number of rotatable bonds is 2. The maximum Gasteiger partial charge on any atom is 0.262 e. The summed E-state index contributed by atoms with van der Waals surface area (Å²) in [5.41, 5.74) is 0.751. The molecule has 1 unspecified atom stereocenters. The zero-order chi connectivity index (χ0) is 27.8. The van der Waals surface area contributed by atoms with Gasteiger partial charge in [0.2, 0.25) is 0 Å². The molecule has 0 bridgehead atoms. The van der Waals surface area contributed by atoms with Crippen molar-refractivity contribution in [2.24, 2.45) is 17.8 Å². The predicted molar refractivity (Wildman–Crippen MR) is 152 cm³/mol. The Kier molecular flexibility index (Phi) is 20.3. The Morgan fingerprint density at radius 2 is 0.971 bits per heavy atom. The fourth-order valence-electron chi connectivity index (χ4n) is 1.74. The molecule has 1 aromatic carbocycles. The number of carbonyl (C=O) groups is 3. The summed E-state index contributed by atoms with van der Waals surface area (Å²) in [7, 11) is 0. The third-order valence-corrected chi connectivity index (χ3v) is 4.64. The number of imide groups is 1. The number of thioether (sulfide) groups is 1. The van der Waals surface area contributed by atoms with E-state index in [1.54, 1.807) is 31.2 Å². The second kappa shape index (κ2) is 18.7. The monoisotopic (exact) mass is 495 g/mol. The molecule has 0 fully saturated rings. The van der Waals surface area contributed by atoms with Crippen molar-refractivity contribution < 1.29 is 14.4 Å². The van der Waals surface area contributed by atoms with E-state index in [4.69, 9.17) is 0 Å². The number of hydrogen-bond donors (Lipinski definition) is 0. The van der Waals surface area contributed by atoms with Crippen LogP contribution in [0.1, 0.15) is 118 Å². The molecule has 1 aromatic rings. The first-order valence-corrected chi connectivity index (χ1v) is 13.5. The van der Waals surface area contributed by atoms with Gasteiger partial charge in [-0.2, -0.15) is 11.8 Å². The summed E-state index contributed by atoms with van der Waals surface area (Å²) in [4.78, 5) is 36.1. The van der Waals surface area contributed by atoms with Gasteiger partial charge < -0.3 is 0 Å². The molecule has 1 heterocycles. The van der Waals surface area contributed by atoms with Crippen molar-refractivity contribution in [3.63, 3.8) is 0 Å². The van der Waals surface area contributed by atoms with Gasteiger partial charge in [0.1, 0.15) is 0 Å². The lowest BCUT2D eigenvalue weighted by Gasteiger charge is -2.19. The number of nitrogens with zero attached hydrogens (tertiary/aromatic N) is 1. The van der Waals surface area contributed by atoms with E-state index in [2.05, 4.69) is 89.3 Å². The largest absolute Gasteiger partial charge is 0.298 e. The van der Waals surface area contributed by atoms with Gasteiger partial charge in [-0.1, -0.05) is 95.2 Å². The van der Waals surface area contributed by atoms with E-state index in [9.17, 15) is 14.4 Å². The van der Waals surface area contributed by atoms with Crippen molar-refractivity contribution in [2.45, 2.75) is 108 Å². The second-order valence-corrected chi connectivity index (χ2v) is 13.0. The molecule has 0 radical (unpaired) electrons. The number of amides is 2. The molecule has 0 saturated carbocycles. The molecular formula is C29H53NO3S. The van der Waals surface area contributed by atoms with Crippen LogP contribution in [0, 0.1) is 17.8 Å². The van der Waals surface area contributed by atoms with E-state index in [0.717, 1.165) is 22.7 Å². The quantitative estimate of drug-likeness (QED) is 0.386. The van der Waals surface area contributed by atoms with Crippen molar-refractivity contribution in [1.82, 2.24) is 4.90 Å². The first-order chi connectivity index (χ1) is 15.3. The van der Waals surface area contributed by atoms with E-state index >= 15 is 0 Å². The zero-order valence-electron chi connectivity index (χ0n) is 24.7. The van der Waals surface area contributed by atoms with Gasteiger partial charge in [-0.25, -0.2) is 0 Å². The lowest BCUT2D eigenvalue weighted by atomic mass is 10.1. The highest BCUT2D eigenvalue weighted by atomic mass is 32.2. The summed E-state index contributed by atoms with van der Waals surface area (Å²) in [6, 6.07) is 5.90. The van der Waals surface area contributed by atoms with Gasteiger partial charge in [0.05, 0.1) is 17.2 Å². The molecule has 1 aliphatic heterocycles. The number of carbonyl (C=O) groups excluding carboxylic acids is 3. The number of hydrogen-bond acceptors (Lipinski definition) is 4. The van der Waals surface area contributed by atoms with Crippen molar-refractivity contribution in [1.29, 1.82) is 0 Å². The second-order valence-electron chi connectivity index (χ2n) is 11.3.